The molecule has 2 rings (SSSR count). The van der Waals surface area contributed by atoms with Crippen molar-refractivity contribution in [1.29, 1.82) is 0 Å². The molecule has 1 aromatic carbocycles. The van der Waals surface area contributed by atoms with E-state index in [-0.39, 0.29) is 11.8 Å². The van der Waals surface area contributed by atoms with E-state index >= 15 is 0 Å². The molecule has 1 aromatic rings. The second-order valence-corrected chi connectivity index (χ2v) is 7.36. The average Bonchev–Trinajstić information content (AvgIpc) is 3.25. The zero-order chi connectivity index (χ0) is 17.0. The molecule has 0 unspecified atom stereocenters. The van der Waals surface area contributed by atoms with Gasteiger partial charge in [0.2, 0.25) is 11.8 Å². The number of hydrogen-bond donors (Lipinski definition) is 3. The summed E-state index contributed by atoms with van der Waals surface area (Å²) in [7, 11) is 0. The van der Waals surface area contributed by atoms with Gasteiger partial charge in [0.15, 0.2) is 0 Å². The van der Waals surface area contributed by atoms with Gasteiger partial charge in [-0.15, -0.1) is 0 Å². The van der Waals surface area contributed by atoms with E-state index in [9.17, 15) is 9.59 Å². The second kappa shape index (κ2) is 7.13. The Hall–Kier alpha value is -1.88. The zero-order valence-corrected chi connectivity index (χ0v) is 14.5. The molecule has 0 aromatic heterocycles. The third-order valence-corrected chi connectivity index (χ3v) is 3.87. The fourth-order valence-corrected chi connectivity index (χ4v) is 2.06. The van der Waals surface area contributed by atoms with Gasteiger partial charge in [0.1, 0.15) is 0 Å². The van der Waals surface area contributed by atoms with Crippen molar-refractivity contribution in [3.8, 4) is 0 Å². The summed E-state index contributed by atoms with van der Waals surface area (Å²) in [6, 6.07) is 5.54. The van der Waals surface area contributed by atoms with E-state index in [4.69, 9.17) is 0 Å². The number of carbonyl (C=O) groups is 2. The number of aryl methyl sites for hydroxylation is 1. The minimum absolute atomic E-state index is 0.0512. The predicted molar refractivity (Wildman–Crippen MR) is 93.5 cm³/mol. The normalized spacial score (nSPS) is 14.4. The van der Waals surface area contributed by atoms with E-state index in [1.807, 2.05) is 39.8 Å². The minimum Gasteiger partial charge on any atom is -0.326 e. The summed E-state index contributed by atoms with van der Waals surface area (Å²) in [6.07, 6.45) is 2.53. The maximum Gasteiger partial charge on any atom is 0.238 e. The van der Waals surface area contributed by atoms with Crippen molar-refractivity contribution in [2.24, 2.45) is 11.3 Å². The fourth-order valence-electron chi connectivity index (χ4n) is 2.06. The molecule has 2 amide bonds. The van der Waals surface area contributed by atoms with E-state index in [0.717, 1.165) is 23.7 Å². The number of rotatable bonds is 6. The molecule has 5 heteroatoms. The monoisotopic (exact) mass is 317 g/mol. The Bertz CT molecular complexity index is 586. The van der Waals surface area contributed by atoms with Crippen molar-refractivity contribution in [3.63, 3.8) is 0 Å². The molecule has 3 N–H and O–H groups in total. The number of hydrogen-bond acceptors (Lipinski definition) is 3. The van der Waals surface area contributed by atoms with E-state index in [2.05, 4.69) is 16.0 Å². The van der Waals surface area contributed by atoms with Gasteiger partial charge in [-0.25, -0.2) is 0 Å². The lowest BCUT2D eigenvalue weighted by Crippen LogP contribution is -2.30. The van der Waals surface area contributed by atoms with Crippen molar-refractivity contribution >= 4 is 23.2 Å². The third-order valence-electron chi connectivity index (χ3n) is 3.87. The van der Waals surface area contributed by atoms with Gasteiger partial charge in [-0.05, 0) is 49.9 Å². The average molecular weight is 317 g/mol. The Morgan fingerprint density at radius 1 is 1.17 bits per heavy atom. The first kappa shape index (κ1) is 17.5. The van der Waals surface area contributed by atoms with Gasteiger partial charge in [0.25, 0.3) is 0 Å². The maximum atomic E-state index is 12.1. The van der Waals surface area contributed by atoms with Crippen molar-refractivity contribution in [1.82, 2.24) is 5.32 Å². The van der Waals surface area contributed by atoms with Crippen molar-refractivity contribution in [3.05, 3.63) is 23.8 Å². The molecule has 0 bridgehead atoms. The van der Waals surface area contributed by atoms with Crippen LogP contribution in [0.5, 0.6) is 0 Å². The molecule has 23 heavy (non-hydrogen) atoms. The molecule has 1 aliphatic rings. The van der Waals surface area contributed by atoms with Crippen LogP contribution < -0.4 is 16.0 Å². The predicted octanol–water partition coefficient (Wildman–Crippen LogP) is 2.92. The Morgan fingerprint density at radius 3 is 2.48 bits per heavy atom. The fraction of sp³-hybridized carbons (Fsp3) is 0.556. The van der Waals surface area contributed by atoms with Gasteiger partial charge < -0.3 is 16.0 Å². The van der Waals surface area contributed by atoms with Crippen LogP contribution >= 0.6 is 0 Å². The molecular formula is C18H27N3O2. The van der Waals surface area contributed by atoms with Crippen molar-refractivity contribution in [2.45, 2.75) is 40.5 Å². The highest BCUT2D eigenvalue weighted by atomic mass is 16.2. The van der Waals surface area contributed by atoms with Crippen LogP contribution in [-0.4, -0.2) is 24.9 Å². The highest BCUT2D eigenvalue weighted by molar-refractivity contribution is 5.97. The van der Waals surface area contributed by atoms with Gasteiger partial charge in [-0.3, -0.25) is 9.59 Å². The first-order chi connectivity index (χ1) is 10.8. The molecule has 0 atom stereocenters. The SMILES string of the molecule is Cc1ccc(NC(=O)C(C)(C)C)cc1NC(=O)CNCC1CC1. The molecule has 5 nitrogen and oxygen atoms in total. The summed E-state index contributed by atoms with van der Waals surface area (Å²) in [5, 5.41) is 8.96. The number of nitrogens with one attached hydrogen (secondary N) is 3. The smallest absolute Gasteiger partial charge is 0.238 e. The van der Waals surface area contributed by atoms with Crippen LogP contribution in [0.25, 0.3) is 0 Å². The molecule has 0 spiro atoms. The van der Waals surface area contributed by atoms with Crippen molar-refractivity contribution < 1.29 is 9.59 Å². The minimum atomic E-state index is -0.457. The Balaban J connectivity index is 1.93. The lowest BCUT2D eigenvalue weighted by molar-refractivity contribution is -0.123. The second-order valence-electron chi connectivity index (χ2n) is 7.36. The number of anilines is 2. The molecule has 0 saturated heterocycles. The Morgan fingerprint density at radius 2 is 1.87 bits per heavy atom. The molecule has 0 aliphatic heterocycles. The highest BCUT2D eigenvalue weighted by Crippen LogP contribution is 2.27. The van der Waals surface area contributed by atoms with Gasteiger partial charge in [-0.1, -0.05) is 26.8 Å². The van der Waals surface area contributed by atoms with Crippen LogP contribution in [0.1, 0.15) is 39.2 Å². The standard InChI is InChI=1S/C18H27N3O2/c1-12-5-8-14(20-17(23)18(2,3)4)9-15(12)21-16(22)11-19-10-13-6-7-13/h5,8-9,13,19H,6-7,10-11H2,1-4H3,(H,20,23)(H,21,22). The van der Waals surface area contributed by atoms with Gasteiger partial charge >= 0.3 is 0 Å². The Labute approximate surface area is 138 Å². The first-order valence-electron chi connectivity index (χ1n) is 8.18. The molecule has 0 heterocycles. The van der Waals surface area contributed by atoms with Gasteiger partial charge in [0, 0.05) is 16.8 Å². The molecule has 1 saturated carbocycles. The van der Waals surface area contributed by atoms with E-state index in [1.165, 1.54) is 12.8 Å². The topological polar surface area (TPSA) is 70.2 Å². The Kier molecular flexibility index (Phi) is 5.42. The number of carbonyl (C=O) groups excluding carboxylic acids is 2. The molecule has 0 radical (unpaired) electrons. The summed E-state index contributed by atoms with van der Waals surface area (Å²) >= 11 is 0. The molecule has 1 fully saturated rings. The van der Waals surface area contributed by atoms with Crippen LogP contribution in [-0.2, 0) is 9.59 Å². The van der Waals surface area contributed by atoms with Crippen LogP contribution in [0, 0.1) is 18.3 Å². The summed E-state index contributed by atoms with van der Waals surface area (Å²) in [4.78, 5) is 24.1. The summed E-state index contributed by atoms with van der Waals surface area (Å²) in [5.41, 5.74) is 1.93. The van der Waals surface area contributed by atoms with Crippen LogP contribution in [0.2, 0.25) is 0 Å². The van der Waals surface area contributed by atoms with E-state index in [0.29, 0.717) is 12.2 Å². The summed E-state index contributed by atoms with van der Waals surface area (Å²) in [5.74, 6) is 0.637. The van der Waals surface area contributed by atoms with Crippen LogP contribution in [0.3, 0.4) is 0 Å². The number of amides is 2. The summed E-state index contributed by atoms with van der Waals surface area (Å²) < 4.78 is 0. The van der Waals surface area contributed by atoms with Crippen LogP contribution in [0.4, 0.5) is 11.4 Å². The van der Waals surface area contributed by atoms with E-state index in [1.54, 1.807) is 6.07 Å². The van der Waals surface area contributed by atoms with Gasteiger partial charge in [-0.2, -0.15) is 0 Å². The van der Waals surface area contributed by atoms with Crippen LogP contribution in [0.15, 0.2) is 18.2 Å². The largest absolute Gasteiger partial charge is 0.326 e. The lowest BCUT2D eigenvalue weighted by Gasteiger charge is -2.18. The van der Waals surface area contributed by atoms with Crippen molar-refractivity contribution in [2.75, 3.05) is 23.7 Å². The zero-order valence-electron chi connectivity index (χ0n) is 14.5. The molecular weight excluding hydrogens is 290 g/mol. The van der Waals surface area contributed by atoms with Gasteiger partial charge in [0.05, 0.1) is 6.54 Å². The van der Waals surface area contributed by atoms with E-state index < -0.39 is 5.41 Å². The lowest BCUT2D eigenvalue weighted by atomic mass is 9.95. The molecule has 1 aliphatic carbocycles. The quantitative estimate of drug-likeness (QED) is 0.755. The molecule has 126 valence electrons. The maximum absolute atomic E-state index is 12.1. The number of benzene rings is 1. The third kappa shape index (κ3) is 5.67. The highest BCUT2D eigenvalue weighted by Gasteiger charge is 2.22. The summed E-state index contributed by atoms with van der Waals surface area (Å²) in [6.45, 7) is 8.76. The first-order valence-corrected chi connectivity index (χ1v) is 8.18.